The van der Waals surface area contributed by atoms with E-state index in [2.05, 4.69) is 94.4 Å². The van der Waals surface area contributed by atoms with E-state index in [0.29, 0.717) is 0 Å². The van der Waals surface area contributed by atoms with Crippen molar-refractivity contribution in [3.05, 3.63) is 34.9 Å². The van der Waals surface area contributed by atoms with Crippen LogP contribution in [0.2, 0.25) is 0 Å². The van der Waals surface area contributed by atoms with Crippen molar-refractivity contribution >= 4 is 23.2 Å². The lowest BCUT2D eigenvalue weighted by Crippen LogP contribution is -2.31. The molecule has 0 unspecified atom stereocenters. The molecule has 0 saturated heterocycles. The van der Waals surface area contributed by atoms with Crippen LogP contribution < -0.4 is 0 Å². The Kier molecular flexibility index (Phi) is 6.71. The molecule has 0 heterocycles. The van der Waals surface area contributed by atoms with Crippen LogP contribution in [-0.2, 0) is 16.2 Å². The van der Waals surface area contributed by atoms with E-state index in [9.17, 15) is 0 Å². The molecule has 1 aromatic rings. The fraction of sp³-hybridized carbons (Fsp3) is 0.750. The Bertz CT molecular complexity index is 571. The first-order valence-electron chi connectivity index (χ1n) is 9.77. The highest BCUT2D eigenvalue weighted by Crippen LogP contribution is 2.41. The normalized spacial score (nSPS) is 14.7. The largest absolute Gasteiger partial charge is 0.120 e. The summed E-state index contributed by atoms with van der Waals surface area (Å²) in [6.07, 6.45) is 1.85. The maximum atomic E-state index is 6.60. The Morgan fingerprint density at radius 2 is 0.808 bits per heavy atom. The maximum Gasteiger partial charge on any atom is 0.0399 e. The molecule has 0 fully saturated rings. The van der Waals surface area contributed by atoms with Crippen LogP contribution in [0, 0.1) is 0 Å². The highest BCUT2D eigenvalue weighted by molar-refractivity contribution is 6.23. The van der Waals surface area contributed by atoms with Crippen LogP contribution >= 0.6 is 23.2 Å². The summed E-state index contributed by atoms with van der Waals surface area (Å²) in [7, 11) is 0. The number of benzene rings is 1. The summed E-state index contributed by atoms with van der Waals surface area (Å²) < 4.78 is 0. The van der Waals surface area contributed by atoms with Gasteiger partial charge in [0.25, 0.3) is 0 Å². The summed E-state index contributed by atoms with van der Waals surface area (Å²) in [5.74, 6) is 0. The first-order chi connectivity index (χ1) is 11.2. The molecule has 0 atom stereocenters. The average molecular weight is 399 g/mol. The number of alkyl halides is 2. The Morgan fingerprint density at radius 3 is 1.04 bits per heavy atom. The number of hydrogen-bond acceptors (Lipinski definition) is 0. The van der Waals surface area contributed by atoms with Crippen LogP contribution in [0.1, 0.15) is 106 Å². The van der Waals surface area contributed by atoms with E-state index in [1.807, 2.05) is 0 Å². The average Bonchev–Trinajstić information content (AvgIpc) is 2.31. The van der Waals surface area contributed by atoms with Crippen molar-refractivity contribution in [1.29, 1.82) is 0 Å². The van der Waals surface area contributed by atoms with Crippen molar-refractivity contribution in [1.82, 2.24) is 0 Å². The zero-order valence-electron chi connectivity index (χ0n) is 18.9. The van der Waals surface area contributed by atoms with Crippen molar-refractivity contribution in [2.75, 3.05) is 0 Å². The van der Waals surface area contributed by atoms with Gasteiger partial charge in [0.05, 0.1) is 0 Å². The minimum atomic E-state index is -0.227. The fourth-order valence-electron chi connectivity index (χ4n) is 4.15. The second-order valence-corrected chi connectivity index (χ2v) is 13.7. The Balaban J connectivity index is 3.55. The van der Waals surface area contributed by atoms with Gasteiger partial charge >= 0.3 is 0 Å². The lowest BCUT2D eigenvalue weighted by molar-refractivity contribution is 0.406. The van der Waals surface area contributed by atoms with Crippen LogP contribution in [0.15, 0.2) is 18.2 Å². The van der Waals surface area contributed by atoms with Crippen molar-refractivity contribution < 1.29 is 0 Å². The second kappa shape index (κ2) is 7.32. The molecule has 0 aliphatic carbocycles. The van der Waals surface area contributed by atoms with E-state index in [-0.39, 0.29) is 26.0 Å². The van der Waals surface area contributed by atoms with Crippen LogP contribution in [0.4, 0.5) is 0 Å². The van der Waals surface area contributed by atoms with Crippen LogP contribution in [-0.4, -0.2) is 9.75 Å². The standard InChI is InChI=1S/C24H40Cl2/c1-20(2,3)17-12-18(21(4,5)15-23(8,9)25)14-19(13-17)22(6,7)16-24(10,11)26/h12-14H,15-16H2,1-11H3. The molecular formula is C24H40Cl2. The van der Waals surface area contributed by atoms with E-state index in [1.165, 1.54) is 16.7 Å². The highest BCUT2D eigenvalue weighted by Gasteiger charge is 2.34. The number of halogens is 2. The molecule has 2 heteroatoms. The first kappa shape index (κ1) is 23.8. The molecule has 0 spiro atoms. The number of rotatable bonds is 6. The van der Waals surface area contributed by atoms with Crippen molar-refractivity contribution in [2.24, 2.45) is 0 Å². The molecule has 0 aromatic heterocycles. The third-order valence-electron chi connectivity index (χ3n) is 5.09. The predicted octanol–water partition coefficient (Wildman–Crippen LogP) is 8.35. The third kappa shape index (κ3) is 7.08. The van der Waals surface area contributed by atoms with Gasteiger partial charge in [-0.3, -0.25) is 0 Å². The minimum Gasteiger partial charge on any atom is -0.120 e. The zero-order valence-corrected chi connectivity index (χ0v) is 20.4. The van der Waals surface area contributed by atoms with Crippen LogP contribution in [0.3, 0.4) is 0 Å². The van der Waals surface area contributed by atoms with E-state index < -0.39 is 0 Å². The maximum absolute atomic E-state index is 6.60. The van der Waals surface area contributed by atoms with Gasteiger partial charge < -0.3 is 0 Å². The SMILES string of the molecule is CC(C)(Cl)CC(C)(C)c1cc(C(C)(C)C)cc(C(C)(C)CC(C)(C)Cl)c1. The quantitative estimate of drug-likeness (QED) is 0.422. The Morgan fingerprint density at radius 1 is 0.538 bits per heavy atom. The summed E-state index contributed by atoms with van der Waals surface area (Å²) in [6.45, 7) is 24.5. The Labute approximate surface area is 173 Å². The van der Waals surface area contributed by atoms with E-state index >= 15 is 0 Å². The molecule has 0 N–H and O–H groups in total. The lowest BCUT2D eigenvalue weighted by Gasteiger charge is -2.37. The summed E-state index contributed by atoms with van der Waals surface area (Å²) in [6, 6.07) is 7.16. The molecule has 0 radical (unpaired) electrons. The molecular weight excluding hydrogens is 359 g/mol. The molecule has 1 rings (SSSR count). The van der Waals surface area contributed by atoms with E-state index in [4.69, 9.17) is 23.2 Å². The van der Waals surface area contributed by atoms with Gasteiger partial charge in [0.2, 0.25) is 0 Å². The van der Waals surface area contributed by atoms with Crippen molar-refractivity contribution in [2.45, 2.75) is 115 Å². The molecule has 150 valence electrons. The summed E-state index contributed by atoms with van der Waals surface area (Å²) >= 11 is 13.2. The van der Waals surface area contributed by atoms with Crippen LogP contribution in [0.5, 0.6) is 0 Å². The monoisotopic (exact) mass is 398 g/mol. The molecule has 0 aliphatic heterocycles. The van der Waals surface area contributed by atoms with Gasteiger partial charge in [-0.25, -0.2) is 0 Å². The lowest BCUT2D eigenvalue weighted by atomic mass is 9.70. The van der Waals surface area contributed by atoms with Crippen LogP contribution in [0.25, 0.3) is 0 Å². The number of hydrogen-bond donors (Lipinski definition) is 0. The van der Waals surface area contributed by atoms with E-state index in [0.717, 1.165) is 12.8 Å². The molecule has 0 bridgehead atoms. The molecule has 0 nitrogen and oxygen atoms in total. The summed E-state index contributed by atoms with van der Waals surface area (Å²) in [5.41, 5.74) is 4.24. The Hall–Kier alpha value is -0.200. The molecule has 0 saturated carbocycles. The van der Waals surface area contributed by atoms with Crippen molar-refractivity contribution in [3.63, 3.8) is 0 Å². The fourth-order valence-corrected chi connectivity index (χ4v) is 4.82. The summed E-state index contributed by atoms with van der Waals surface area (Å²) in [4.78, 5) is -0.454. The first-order valence-corrected chi connectivity index (χ1v) is 10.5. The minimum absolute atomic E-state index is 0.00776. The van der Waals surface area contributed by atoms with Gasteiger partial charge in [0.15, 0.2) is 0 Å². The highest BCUT2D eigenvalue weighted by atomic mass is 35.5. The van der Waals surface area contributed by atoms with Gasteiger partial charge in [-0.15, -0.1) is 23.2 Å². The summed E-state index contributed by atoms with van der Waals surface area (Å²) in [5, 5.41) is 0. The van der Waals surface area contributed by atoms with Gasteiger partial charge in [0, 0.05) is 9.75 Å². The van der Waals surface area contributed by atoms with Gasteiger partial charge in [-0.1, -0.05) is 66.7 Å². The van der Waals surface area contributed by atoms with Crippen molar-refractivity contribution in [3.8, 4) is 0 Å². The molecule has 26 heavy (non-hydrogen) atoms. The van der Waals surface area contributed by atoms with Gasteiger partial charge in [0.1, 0.15) is 0 Å². The third-order valence-corrected chi connectivity index (χ3v) is 5.35. The predicted molar refractivity (Wildman–Crippen MR) is 120 cm³/mol. The molecule has 1 aromatic carbocycles. The second-order valence-electron chi connectivity index (χ2n) is 11.6. The zero-order chi connectivity index (χ0) is 20.8. The van der Waals surface area contributed by atoms with E-state index in [1.54, 1.807) is 0 Å². The molecule has 0 amide bonds. The molecule has 0 aliphatic rings. The van der Waals surface area contributed by atoms with Gasteiger partial charge in [-0.05, 0) is 73.5 Å². The van der Waals surface area contributed by atoms with Gasteiger partial charge in [-0.2, -0.15) is 0 Å². The topological polar surface area (TPSA) is 0 Å². The smallest absolute Gasteiger partial charge is 0.0399 e.